The summed E-state index contributed by atoms with van der Waals surface area (Å²) in [5.74, 6) is 0.0339. The van der Waals surface area contributed by atoms with Gasteiger partial charge in [-0.25, -0.2) is 4.39 Å². The van der Waals surface area contributed by atoms with E-state index in [1.165, 1.54) is 10.1 Å². The second kappa shape index (κ2) is 8.45. The van der Waals surface area contributed by atoms with Gasteiger partial charge in [0.2, 0.25) is 5.62 Å². The van der Waals surface area contributed by atoms with E-state index < -0.39 is 0 Å². The summed E-state index contributed by atoms with van der Waals surface area (Å²) in [6, 6.07) is 18.3. The summed E-state index contributed by atoms with van der Waals surface area (Å²) < 4.78 is 17.1. The van der Waals surface area contributed by atoms with Gasteiger partial charge in [-0.15, -0.1) is 0 Å². The lowest BCUT2D eigenvalue weighted by molar-refractivity contribution is 0.590. The minimum Gasteiger partial charge on any atom is -0.326 e. The molecule has 0 spiro atoms. The van der Waals surface area contributed by atoms with Crippen molar-refractivity contribution in [3.05, 3.63) is 82.7 Å². The molecule has 0 radical (unpaired) electrons. The van der Waals surface area contributed by atoms with Crippen molar-refractivity contribution >= 4 is 40.3 Å². The molecule has 0 bridgehead atoms. The molecule has 3 aromatic carbocycles. The van der Waals surface area contributed by atoms with Gasteiger partial charge in [0.25, 0.3) is 0 Å². The molecule has 0 saturated heterocycles. The van der Waals surface area contributed by atoms with Crippen LogP contribution in [-0.4, -0.2) is 22.9 Å². The fourth-order valence-corrected chi connectivity index (χ4v) is 4.04. The molecule has 1 heterocycles. The number of fused-ring (bicyclic) bond motifs is 1. The molecule has 4 aromatic rings. The third-order valence-corrected chi connectivity index (χ3v) is 5.98. The summed E-state index contributed by atoms with van der Waals surface area (Å²) in [7, 11) is 1.72. The second-order valence-corrected chi connectivity index (χ2v) is 9.38. The van der Waals surface area contributed by atoms with Crippen LogP contribution in [-0.2, 0) is 5.41 Å². The van der Waals surface area contributed by atoms with Crippen molar-refractivity contribution in [2.45, 2.75) is 26.2 Å². The Kier molecular flexibility index (Phi) is 5.80. The van der Waals surface area contributed by atoms with E-state index in [2.05, 4.69) is 25.8 Å². The molecule has 1 aromatic heterocycles. The number of hydrogen-bond acceptors (Lipinski definition) is 4. The summed E-state index contributed by atoms with van der Waals surface area (Å²) in [6.45, 7) is 6.43. The van der Waals surface area contributed by atoms with Crippen LogP contribution >= 0.6 is 11.6 Å². The standard InChI is InChI=1S/C26H25ClFN5/c1-26(2,3)17-10-8-16(9-11-17)19-6-5-7-21(23(19)28)32(4)24-20-13-12-18(27)14-22(20)33(15-29)25(30)31-24/h5-15,29-30H,1-4H3. The smallest absolute Gasteiger partial charge is 0.229 e. The number of halogens is 2. The first-order valence-corrected chi connectivity index (χ1v) is 10.9. The lowest BCUT2D eigenvalue weighted by Gasteiger charge is -2.23. The van der Waals surface area contributed by atoms with Gasteiger partial charge < -0.3 is 4.90 Å². The van der Waals surface area contributed by atoms with Crippen molar-refractivity contribution < 1.29 is 4.39 Å². The van der Waals surface area contributed by atoms with Gasteiger partial charge in [-0.05, 0) is 40.8 Å². The van der Waals surface area contributed by atoms with E-state index >= 15 is 4.39 Å². The van der Waals surface area contributed by atoms with Gasteiger partial charge in [-0.2, -0.15) is 4.98 Å². The third-order valence-electron chi connectivity index (χ3n) is 5.75. The summed E-state index contributed by atoms with van der Waals surface area (Å²) in [5, 5.41) is 17.0. The topological polar surface area (TPSA) is 68.8 Å². The average Bonchev–Trinajstić information content (AvgIpc) is 2.77. The van der Waals surface area contributed by atoms with Crippen molar-refractivity contribution in [1.82, 2.24) is 9.55 Å². The van der Waals surface area contributed by atoms with Gasteiger partial charge in [0.1, 0.15) is 5.82 Å². The molecular weight excluding hydrogens is 437 g/mol. The zero-order valence-electron chi connectivity index (χ0n) is 18.9. The van der Waals surface area contributed by atoms with Crippen molar-refractivity contribution in [3.8, 4) is 11.1 Å². The predicted molar refractivity (Wildman–Crippen MR) is 133 cm³/mol. The van der Waals surface area contributed by atoms with Crippen molar-refractivity contribution in [2.24, 2.45) is 0 Å². The van der Waals surface area contributed by atoms with Crippen LogP contribution in [0.5, 0.6) is 0 Å². The number of nitrogens with one attached hydrogen (secondary N) is 2. The minimum atomic E-state index is -0.372. The molecular formula is C26H25ClFN5. The average molecular weight is 462 g/mol. The third kappa shape index (κ3) is 4.14. The fourth-order valence-electron chi connectivity index (χ4n) is 3.87. The zero-order chi connectivity index (χ0) is 23.9. The Bertz CT molecular complexity index is 1420. The van der Waals surface area contributed by atoms with E-state index in [0.717, 1.165) is 11.9 Å². The molecule has 0 fully saturated rings. The van der Waals surface area contributed by atoms with Crippen LogP contribution in [0.1, 0.15) is 26.3 Å². The van der Waals surface area contributed by atoms with E-state index in [4.69, 9.17) is 22.4 Å². The maximum absolute atomic E-state index is 15.8. The van der Waals surface area contributed by atoms with Crippen LogP contribution in [0.15, 0.2) is 60.7 Å². The molecule has 168 valence electrons. The molecule has 0 amide bonds. The van der Waals surface area contributed by atoms with E-state index in [1.54, 1.807) is 42.3 Å². The van der Waals surface area contributed by atoms with E-state index in [0.29, 0.717) is 33.0 Å². The molecule has 7 heteroatoms. The van der Waals surface area contributed by atoms with Crippen molar-refractivity contribution in [3.63, 3.8) is 0 Å². The predicted octanol–water partition coefficient (Wildman–Crippen LogP) is 6.50. The molecule has 0 atom stereocenters. The van der Waals surface area contributed by atoms with Gasteiger partial charge in [-0.1, -0.05) is 68.8 Å². The normalized spacial score (nSPS) is 11.6. The largest absolute Gasteiger partial charge is 0.326 e. The van der Waals surface area contributed by atoms with Crippen LogP contribution in [0, 0.1) is 16.6 Å². The highest BCUT2D eigenvalue weighted by atomic mass is 35.5. The molecule has 5 nitrogen and oxygen atoms in total. The zero-order valence-corrected chi connectivity index (χ0v) is 19.7. The Morgan fingerprint density at radius 1 is 1.06 bits per heavy atom. The first-order chi connectivity index (χ1) is 15.6. The first-order valence-electron chi connectivity index (χ1n) is 10.5. The van der Waals surface area contributed by atoms with Crippen LogP contribution in [0.3, 0.4) is 0 Å². The Morgan fingerprint density at radius 2 is 1.76 bits per heavy atom. The van der Waals surface area contributed by atoms with Crippen LogP contribution in [0.4, 0.5) is 15.9 Å². The number of anilines is 2. The van der Waals surface area contributed by atoms with Gasteiger partial charge in [-0.3, -0.25) is 15.4 Å². The van der Waals surface area contributed by atoms with Crippen LogP contribution in [0.2, 0.25) is 5.02 Å². The van der Waals surface area contributed by atoms with E-state index in [9.17, 15) is 0 Å². The highest BCUT2D eigenvalue weighted by Crippen LogP contribution is 2.35. The molecule has 0 aliphatic heterocycles. The van der Waals surface area contributed by atoms with Gasteiger partial charge in [0.15, 0.2) is 5.82 Å². The lowest BCUT2D eigenvalue weighted by Crippen LogP contribution is -2.26. The molecule has 4 rings (SSSR count). The van der Waals surface area contributed by atoms with Crippen molar-refractivity contribution in [1.29, 1.82) is 10.8 Å². The maximum atomic E-state index is 15.8. The summed E-state index contributed by atoms with van der Waals surface area (Å²) in [6.07, 6.45) is 1.01. The fraction of sp³-hybridized carbons (Fsp3) is 0.192. The Balaban J connectivity index is 1.84. The monoisotopic (exact) mass is 461 g/mol. The second-order valence-electron chi connectivity index (χ2n) is 8.94. The highest BCUT2D eigenvalue weighted by molar-refractivity contribution is 6.31. The minimum absolute atomic E-state index is 0.0172. The molecule has 0 aliphatic rings. The summed E-state index contributed by atoms with van der Waals surface area (Å²) in [4.78, 5) is 5.98. The number of rotatable bonds is 4. The summed E-state index contributed by atoms with van der Waals surface area (Å²) in [5.41, 5.74) is 3.22. The van der Waals surface area contributed by atoms with Gasteiger partial charge in [0.05, 0.1) is 17.5 Å². The Hall–Kier alpha value is -3.51. The lowest BCUT2D eigenvalue weighted by atomic mass is 9.86. The highest BCUT2D eigenvalue weighted by Gasteiger charge is 2.19. The maximum Gasteiger partial charge on any atom is 0.229 e. The first kappa shape index (κ1) is 22.7. The van der Waals surface area contributed by atoms with Gasteiger partial charge >= 0.3 is 0 Å². The van der Waals surface area contributed by atoms with E-state index in [1.807, 2.05) is 30.3 Å². The molecule has 2 N–H and O–H groups in total. The van der Waals surface area contributed by atoms with E-state index in [-0.39, 0.29) is 16.9 Å². The molecule has 0 unspecified atom stereocenters. The van der Waals surface area contributed by atoms with Crippen LogP contribution < -0.4 is 10.5 Å². The Morgan fingerprint density at radius 3 is 2.39 bits per heavy atom. The summed E-state index contributed by atoms with van der Waals surface area (Å²) >= 11 is 6.16. The molecule has 0 saturated carbocycles. The quantitative estimate of drug-likeness (QED) is 0.269. The SMILES string of the molecule is CN(c1cccc(-c2ccc(C(C)(C)C)cc2)c1F)c1nc(=N)n(C=N)c2cc(Cl)ccc12. The van der Waals surface area contributed by atoms with Gasteiger partial charge in [0, 0.05) is 23.0 Å². The van der Waals surface area contributed by atoms with Crippen LogP contribution in [0.25, 0.3) is 22.0 Å². The number of benzene rings is 3. The Labute approximate surface area is 197 Å². The molecule has 33 heavy (non-hydrogen) atoms. The number of hydrogen-bond donors (Lipinski definition) is 2. The number of nitrogens with zero attached hydrogens (tertiary/aromatic N) is 3. The number of aromatic nitrogens is 2. The molecule has 0 aliphatic carbocycles. The van der Waals surface area contributed by atoms with Crippen molar-refractivity contribution in [2.75, 3.05) is 11.9 Å².